The monoisotopic (exact) mass is 264 g/mol. The molecule has 1 heterocycles. The van der Waals surface area contributed by atoms with E-state index in [0.717, 1.165) is 37.8 Å². The third-order valence-corrected chi connectivity index (χ3v) is 3.68. The number of nitrogens with zero attached hydrogens (tertiary/aromatic N) is 3. The van der Waals surface area contributed by atoms with Crippen molar-refractivity contribution in [1.29, 1.82) is 0 Å². The van der Waals surface area contributed by atoms with Crippen molar-refractivity contribution in [3.05, 3.63) is 22.6 Å². The summed E-state index contributed by atoms with van der Waals surface area (Å²) >= 11 is 0. The van der Waals surface area contributed by atoms with Crippen molar-refractivity contribution in [2.24, 2.45) is 5.92 Å². The highest BCUT2D eigenvalue weighted by Crippen LogP contribution is 2.28. The fourth-order valence-electron chi connectivity index (χ4n) is 2.06. The fourth-order valence-corrected chi connectivity index (χ4v) is 2.06. The molecule has 5 heteroatoms. The molecular formula is C14H24N4O. The number of nitrogens with one attached hydrogen (secondary N) is 1. The van der Waals surface area contributed by atoms with Crippen LogP contribution in [0.15, 0.2) is 17.1 Å². The van der Waals surface area contributed by atoms with Gasteiger partial charge in [0.1, 0.15) is 0 Å². The molecule has 106 valence electrons. The van der Waals surface area contributed by atoms with Crippen LogP contribution in [0.1, 0.15) is 26.7 Å². The summed E-state index contributed by atoms with van der Waals surface area (Å²) in [6.45, 7) is 8.76. The quantitative estimate of drug-likeness (QED) is 0.771. The van der Waals surface area contributed by atoms with Crippen LogP contribution in [0.5, 0.6) is 0 Å². The van der Waals surface area contributed by atoms with E-state index in [1.165, 1.54) is 12.8 Å². The van der Waals surface area contributed by atoms with Gasteiger partial charge in [0.2, 0.25) is 0 Å². The average molecular weight is 264 g/mol. The molecule has 0 aromatic carbocycles. The molecule has 1 aliphatic rings. The number of likely N-dealkylation sites (N-methyl/N-ethyl adjacent to an activating group) is 1. The Kier molecular flexibility index (Phi) is 4.96. The zero-order chi connectivity index (χ0) is 13.7. The second-order valence-electron chi connectivity index (χ2n) is 5.16. The lowest BCUT2D eigenvalue weighted by molar-refractivity contribution is 0.282. The van der Waals surface area contributed by atoms with Crippen LogP contribution in [0.3, 0.4) is 0 Å². The largest absolute Gasteiger partial charge is 0.383 e. The maximum absolute atomic E-state index is 11.9. The van der Waals surface area contributed by atoms with Gasteiger partial charge in [-0.05, 0) is 31.8 Å². The van der Waals surface area contributed by atoms with Gasteiger partial charge in [-0.15, -0.1) is 0 Å². The van der Waals surface area contributed by atoms with Crippen LogP contribution >= 0.6 is 0 Å². The smallest absolute Gasteiger partial charge is 0.268 e. The molecule has 0 saturated heterocycles. The molecule has 0 aliphatic heterocycles. The van der Waals surface area contributed by atoms with E-state index >= 15 is 0 Å². The molecule has 1 N–H and O–H groups in total. The molecule has 2 rings (SSSR count). The van der Waals surface area contributed by atoms with Crippen molar-refractivity contribution in [3.63, 3.8) is 0 Å². The van der Waals surface area contributed by atoms with E-state index in [0.29, 0.717) is 6.54 Å². The Balaban J connectivity index is 1.88. The number of anilines is 1. The minimum absolute atomic E-state index is 0.0204. The Hall–Kier alpha value is -1.36. The lowest BCUT2D eigenvalue weighted by atomic mass is 10.4. The minimum atomic E-state index is -0.0204. The van der Waals surface area contributed by atoms with Crippen LogP contribution < -0.4 is 10.9 Å². The standard InChI is InChI=1S/C14H24N4O/c1-3-17(4-2)7-8-18-14(19)9-13(11-16-18)15-10-12-5-6-12/h9,11-12,15H,3-8,10H2,1-2H3. The summed E-state index contributed by atoms with van der Waals surface area (Å²) in [6.07, 6.45) is 4.37. The molecule has 5 nitrogen and oxygen atoms in total. The molecule has 0 unspecified atom stereocenters. The summed E-state index contributed by atoms with van der Waals surface area (Å²) in [7, 11) is 0. The predicted octanol–water partition coefficient (Wildman–Crippen LogP) is 1.41. The van der Waals surface area contributed by atoms with Crippen molar-refractivity contribution in [2.45, 2.75) is 33.2 Å². The lowest BCUT2D eigenvalue weighted by Crippen LogP contribution is -2.32. The third kappa shape index (κ3) is 4.35. The predicted molar refractivity (Wildman–Crippen MR) is 77.5 cm³/mol. The van der Waals surface area contributed by atoms with E-state index in [-0.39, 0.29) is 5.56 Å². The zero-order valence-electron chi connectivity index (χ0n) is 11.9. The highest BCUT2D eigenvalue weighted by Gasteiger charge is 2.20. The van der Waals surface area contributed by atoms with Crippen molar-refractivity contribution in [3.8, 4) is 0 Å². The van der Waals surface area contributed by atoms with Crippen molar-refractivity contribution in [1.82, 2.24) is 14.7 Å². The number of rotatable bonds is 8. The van der Waals surface area contributed by atoms with Crippen LogP contribution in [0, 0.1) is 5.92 Å². The summed E-state index contributed by atoms with van der Waals surface area (Å²) in [4.78, 5) is 14.2. The van der Waals surface area contributed by atoms with Gasteiger partial charge in [0.25, 0.3) is 5.56 Å². The van der Waals surface area contributed by atoms with Crippen molar-refractivity contribution < 1.29 is 0 Å². The van der Waals surface area contributed by atoms with Gasteiger partial charge in [-0.2, -0.15) is 5.10 Å². The minimum Gasteiger partial charge on any atom is -0.383 e. The molecule has 0 spiro atoms. The summed E-state index contributed by atoms with van der Waals surface area (Å²) in [5.74, 6) is 0.796. The maximum Gasteiger partial charge on any atom is 0.268 e. The molecule has 1 aromatic heterocycles. The topological polar surface area (TPSA) is 50.2 Å². The molecule has 19 heavy (non-hydrogen) atoms. The zero-order valence-corrected chi connectivity index (χ0v) is 11.9. The molecule has 0 radical (unpaired) electrons. The van der Waals surface area contributed by atoms with E-state index in [1.54, 1.807) is 16.9 Å². The van der Waals surface area contributed by atoms with E-state index in [4.69, 9.17) is 0 Å². The van der Waals surface area contributed by atoms with Crippen LogP contribution in [-0.4, -0.2) is 40.9 Å². The highest BCUT2D eigenvalue weighted by molar-refractivity contribution is 5.38. The first-order chi connectivity index (χ1) is 9.22. The van der Waals surface area contributed by atoms with Crippen LogP contribution in [0.4, 0.5) is 5.69 Å². The van der Waals surface area contributed by atoms with E-state index in [1.807, 2.05) is 0 Å². The van der Waals surface area contributed by atoms with Crippen LogP contribution in [-0.2, 0) is 6.54 Å². The molecule has 1 aromatic rings. The van der Waals surface area contributed by atoms with Gasteiger partial charge in [-0.25, -0.2) is 4.68 Å². The Morgan fingerprint density at radius 3 is 2.74 bits per heavy atom. The second kappa shape index (κ2) is 6.70. The normalized spacial score (nSPS) is 14.9. The van der Waals surface area contributed by atoms with Gasteiger partial charge in [-0.3, -0.25) is 4.79 Å². The molecule has 1 saturated carbocycles. The van der Waals surface area contributed by atoms with Gasteiger partial charge in [0, 0.05) is 19.2 Å². The molecule has 0 atom stereocenters. The molecule has 0 amide bonds. The van der Waals surface area contributed by atoms with Gasteiger partial charge in [0.05, 0.1) is 18.4 Å². The average Bonchev–Trinajstić information content (AvgIpc) is 3.23. The Morgan fingerprint density at radius 1 is 1.42 bits per heavy atom. The fraction of sp³-hybridized carbons (Fsp3) is 0.714. The first kappa shape index (κ1) is 14.1. The molecule has 1 fully saturated rings. The van der Waals surface area contributed by atoms with Crippen LogP contribution in [0.25, 0.3) is 0 Å². The summed E-state index contributed by atoms with van der Waals surface area (Å²) in [6, 6.07) is 1.65. The Bertz CT molecular complexity index is 449. The lowest BCUT2D eigenvalue weighted by Gasteiger charge is -2.17. The highest BCUT2D eigenvalue weighted by atomic mass is 16.1. The SMILES string of the molecule is CCN(CC)CCn1ncc(NCC2CC2)cc1=O. The third-order valence-electron chi connectivity index (χ3n) is 3.68. The molecule has 1 aliphatic carbocycles. The molecular weight excluding hydrogens is 240 g/mol. The first-order valence-corrected chi connectivity index (χ1v) is 7.26. The van der Waals surface area contributed by atoms with E-state index in [9.17, 15) is 4.79 Å². The summed E-state index contributed by atoms with van der Waals surface area (Å²) in [5.41, 5.74) is 0.823. The van der Waals surface area contributed by atoms with E-state index in [2.05, 4.69) is 29.2 Å². The van der Waals surface area contributed by atoms with Gasteiger partial charge in [0.15, 0.2) is 0 Å². The summed E-state index contributed by atoms with van der Waals surface area (Å²) in [5, 5.41) is 7.51. The second-order valence-corrected chi connectivity index (χ2v) is 5.16. The van der Waals surface area contributed by atoms with E-state index < -0.39 is 0 Å². The molecule has 0 bridgehead atoms. The van der Waals surface area contributed by atoms with Gasteiger partial charge in [-0.1, -0.05) is 13.8 Å². The maximum atomic E-state index is 11.9. The Morgan fingerprint density at radius 2 is 2.16 bits per heavy atom. The van der Waals surface area contributed by atoms with Gasteiger partial charge < -0.3 is 10.2 Å². The number of hydrogen-bond donors (Lipinski definition) is 1. The Labute approximate surface area is 114 Å². The first-order valence-electron chi connectivity index (χ1n) is 7.26. The van der Waals surface area contributed by atoms with Crippen molar-refractivity contribution >= 4 is 5.69 Å². The van der Waals surface area contributed by atoms with Crippen molar-refractivity contribution in [2.75, 3.05) is 31.5 Å². The van der Waals surface area contributed by atoms with Crippen LogP contribution in [0.2, 0.25) is 0 Å². The van der Waals surface area contributed by atoms with Gasteiger partial charge >= 0.3 is 0 Å². The summed E-state index contributed by atoms with van der Waals surface area (Å²) < 4.78 is 1.54. The number of hydrogen-bond acceptors (Lipinski definition) is 4. The number of aromatic nitrogens is 2.